The number of hydrogen-bond acceptors (Lipinski definition) is 2. The number of carbonyl (C=O) groups is 1. The topological polar surface area (TPSA) is 33.5 Å². The molecule has 0 saturated carbocycles. The maximum Gasteiger partial charge on any atom is 0.289 e. The molecule has 0 aliphatic carbocycles. The average molecular weight is 242 g/mol. The minimum atomic E-state index is -0.0506. The Bertz CT molecular complexity index is 378. The van der Waals surface area contributed by atoms with E-state index in [1.807, 2.05) is 4.90 Å². The molecule has 0 spiro atoms. The minimum Gasteiger partial charge on any atom is -0.440 e. The van der Waals surface area contributed by atoms with Crippen LogP contribution >= 0.6 is 11.6 Å². The Hall–Kier alpha value is -0.960. The zero-order valence-electron chi connectivity index (χ0n) is 9.57. The van der Waals surface area contributed by atoms with E-state index in [4.69, 9.17) is 16.0 Å². The van der Waals surface area contributed by atoms with Crippen molar-refractivity contribution in [1.29, 1.82) is 0 Å². The van der Waals surface area contributed by atoms with Crippen LogP contribution in [0.3, 0.4) is 0 Å². The highest BCUT2D eigenvalue weighted by molar-refractivity contribution is 6.29. The molecule has 2 atom stereocenters. The van der Waals surface area contributed by atoms with Crippen LogP contribution in [0.1, 0.15) is 30.8 Å². The average Bonchev–Trinajstić information content (AvgIpc) is 2.62. The third kappa shape index (κ3) is 2.40. The van der Waals surface area contributed by atoms with Gasteiger partial charge in [0.15, 0.2) is 11.0 Å². The second kappa shape index (κ2) is 4.50. The predicted octanol–water partition coefficient (Wildman–Crippen LogP) is 3.05. The lowest BCUT2D eigenvalue weighted by atomic mass is 9.92. The van der Waals surface area contributed by atoms with E-state index in [2.05, 4.69) is 13.8 Å². The SMILES string of the molecule is C[C@@H]1C[C@H](C)CN(C(=O)c2ccc(Cl)o2)C1. The number of carbonyl (C=O) groups excluding carboxylic acids is 1. The summed E-state index contributed by atoms with van der Waals surface area (Å²) in [6.45, 7) is 5.96. The Morgan fingerprint density at radius 1 is 1.38 bits per heavy atom. The fourth-order valence-corrected chi connectivity index (χ4v) is 2.56. The quantitative estimate of drug-likeness (QED) is 0.757. The van der Waals surface area contributed by atoms with Crippen molar-refractivity contribution in [3.8, 4) is 0 Å². The molecule has 1 aliphatic heterocycles. The van der Waals surface area contributed by atoms with Crippen molar-refractivity contribution in [3.05, 3.63) is 23.1 Å². The van der Waals surface area contributed by atoms with Gasteiger partial charge < -0.3 is 9.32 Å². The number of nitrogens with zero attached hydrogens (tertiary/aromatic N) is 1. The first-order valence-corrected chi connectivity index (χ1v) is 5.98. The first-order chi connectivity index (χ1) is 7.56. The van der Waals surface area contributed by atoms with E-state index in [9.17, 15) is 4.79 Å². The lowest BCUT2D eigenvalue weighted by Gasteiger charge is -2.34. The van der Waals surface area contributed by atoms with Crippen molar-refractivity contribution >= 4 is 17.5 Å². The molecular formula is C12H16ClNO2. The number of halogens is 1. The Morgan fingerprint density at radius 2 is 2.00 bits per heavy atom. The second-order valence-electron chi connectivity index (χ2n) is 4.76. The molecule has 3 nitrogen and oxygen atoms in total. The monoisotopic (exact) mass is 241 g/mol. The number of piperidine rings is 1. The van der Waals surface area contributed by atoms with Crippen LogP contribution in [-0.2, 0) is 0 Å². The van der Waals surface area contributed by atoms with E-state index in [1.165, 1.54) is 6.42 Å². The normalized spacial score (nSPS) is 25.8. The molecule has 2 heterocycles. The van der Waals surface area contributed by atoms with Crippen LogP contribution in [0.4, 0.5) is 0 Å². The zero-order chi connectivity index (χ0) is 11.7. The molecule has 0 N–H and O–H groups in total. The molecule has 0 radical (unpaired) electrons. The van der Waals surface area contributed by atoms with Crippen LogP contribution in [0.5, 0.6) is 0 Å². The van der Waals surface area contributed by atoms with Gasteiger partial charge in [-0.15, -0.1) is 0 Å². The van der Waals surface area contributed by atoms with Crippen molar-refractivity contribution in [2.45, 2.75) is 20.3 Å². The van der Waals surface area contributed by atoms with Gasteiger partial charge in [-0.1, -0.05) is 13.8 Å². The van der Waals surface area contributed by atoms with Gasteiger partial charge in [0.1, 0.15) is 0 Å². The van der Waals surface area contributed by atoms with Gasteiger partial charge in [0.2, 0.25) is 0 Å². The summed E-state index contributed by atoms with van der Waals surface area (Å²) in [5.74, 6) is 1.40. The molecule has 0 aromatic carbocycles. The standard InChI is InChI=1S/C12H16ClNO2/c1-8-5-9(2)7-14(6-8)12(15)10-3-4-11(13)16-10/h3-4,8-9H,5-7H2,1-2H3/t8-,9+. The molecular weight excluding hydrogens is 226 g/mol. The third-order valence-corrected chi connectivity index (χ3v) is 3.14. The van der Waals surface area contributed by atoms with Gasteiger partial charge in [-0.3, -0.25) is 4.79 Å². The Kier molecular flexibility index (Phi) is 3.24. The second-order valence-corrected chi connectivity index (χ2v) is 5.13. The summed E-state index contributed by atoms with van der Waals surface area (Å²) in [5.41, 5.74) is 0. The molecule has 88 valence electrons. The van der Waals surface area contributed by atoms with E-state index in [1.54, 1.807) is 12.1 Å². The highest BCUT2D eigenvalue weighted by atomic mass is 35.5. The molecule has 1 amide bonds. The third-order valence-electron chi connectivity index (χ3n) is 2.94. The van der Waals surface area contributed by atoms with Crippen molar-refractivity contribution in [2.75, 3.05) is 13.1 Å². The number of amides is 1. The van der Waals surface area contributed by atoms with Crippen LogP contribution < -0.4 is 0 Å². The van der Waals surface area contributed by atoms with Gasteiger partial charge in [0, 0.05) is 13.1 Å². The molecule has 2 rings (SSSR count). The maximum atomic E-state index is 12.1. The van der Waals surface area contributed by atoms with Crippen molar-refractivity contribution < 1.29 is 9.21 Å². The fourth-order valence-electron chi connectivity index (χ4n) is 2.41. The van der Waals surface area contributed by atoms with E-state index in [0.29, 0.717) is 17.6 Å². The Labute approximate surface area is 100 Å². The zero-order valence-corrected chi connectivity index (χ0v) is 10.3. The summed E-state index contributed by atoms with van der Waals surface area (Å²) >= 11 is 5.66. The van der Waals surface area contributed by atoms with Crippen LogP contribution in [0.25, 0.3) is 0 Å². The molecule has 0 bridgehead atoms. The fraction of sp³-hybridized carbons (Fsp3) is 0.583. The first-order valence-electron chi connectivity index (χ1n) is 5.61. The Balaban J connectivity index is 2.09. The van der Waals surface area contributed by atoms with Crippen LogP contribution in [0.15, 0.2) is 16.5 Å². The van der Waals surface area contributed by atoms with Crippen LogP contribution in [0, 0.1) is 11.8 Å². The molecule has 1 saturated heterocycles. The van der Waals surface area contributed by atoms with E-state index >= 15 is 0 Å². The van der Waals surface area contributed by atoms with E-state index in [0.717, 1.165) is 13.1 Å². The van der Waals surface area contributed by atoms with Crippen molar-refractivity contribution in [3.63, 3.8) is 0 Å². The molecule has 1 aromatic heterocycles. The van der Waals surface area contributed by atoms with Crippen LogP contribution in [0.2, 0.25) is 5.22 Å². The maximum absolute atomic E-state index is 12.1. The number of rotatable bonds is 1. The summed E-state index contributed by atoms with van der Waals surface area (Å²) in [6, 6.07) is 3.24. The summed E-state index contributed by atoms with van der Waals surface area (Å²) in [7, 11) is 0. The number of likely N-dealkylation sites (tertiary alicyclic amines) is 1. The predicted molar refractivity (Wildman–Crippen MR) is 62.6 cm³/mol. The Morgan fingerprint density at radius 3 is 2.50 bits per heavy atom. The van der Waals surface area contributed by atoms with Crippen LogP contribution in [-0.4, -0.2) is 23.9 Å². The molecule has 1 aromatic rings. The van der Waals surface area contributed by atoms with Gasteiger partial charge in [-0.25, -0.2) is 0 Å². The van der Waals surface area contributed by atoms with Gasteiger partial charge in [0.05, 0.1) is 0 Å². The lowest BCUT2D eigenvalue weighted by Crippen LogP contribution is -2.42. The summed E-state index contributed by atoms with van der Waals surface area (Å²) in [5, 5.41) is 0.265. The first kappa shape index (κ1) is 11.5. The van der Waals surface area contributed by atoms with Crippen molar-refractivity contribution in [2.24, 2.45) is 11.8 Å². The van der Waals surface area contributed by atoms with Gasteiger partial charge in [0.25, 0.3) is 5.91 Å². The number of hydrogen-bond donors (Lipinski definition) is 0. The highest BCUT2D eigenvalue weighted by Gasteiger charge is 2.27. The van der Waals surface area contributed by atoms with Gasteiger partial charge >= 0.3 is 0 Å². The molecule has 1 fully saturated rings. The minimum absolute atomic E-state index is 0.0506. The molecule has 0 unspecified atom stereocenters. The summed E-state index contributed by atoms with van der Waals surface area (Å²) in [6.07, 6.45) is 1.18. The smallest absolute Gasteiger partial charge is 0.289 e. The van der Waals surface area contributed by atoms with Gasteiger partial charge in [-0.05, 0) is 42.0 Å². The number of furan rings is 1. The molecule has 1 aliphatic rings. The largest absolute Gasteiger partial charge is 0.440 e. The lowest BCUT2D eigenvalue weighted by molar-refractivity contribution is 0.0591. The molecule has 16 heavy (non-hydrogen) atoms. The highest BCUT2D eigenvalue weighted by Crippen LogP contribution is 2.23. The van der Waals surface area contributed by atoms with Gasteiger partial charge in [-0.2, -0.15) is 0 Å². The molecule has 4 heteroatoms. The van der Waals surface area contributed by atoms with E-state index in [-0.39, 0.29) is 11.1 Å². The summed E-state index contributed by atoms with van der Waals surface area (Å²) in [4.78, 5) is 13.9. The summed E-state index contributed by atoms with van der Waals surface area (Å²) < 4.78 is 5.14. The van der Waals surface area contributed by atoms with Crippen molar-refractivity contribution in [1.82, 2.24) is 4.90 Å². The van der Waals surface area contributed by atoms with E-state index < -0.39 is 0 Å².